The highest BCUT2D eigenvalue weighted by Crippen LogP contribution is 2.39. The molecular formula is C22H21NS. The van der Waals surface area contributed by atoms with Gasteiger partial charge in [-0.05, 0) is 53.1 Å². The van der Waals surface area contributed by atoms with Gasteiger partial charge >= 0.3 is 0 Å². The molecule has 0 spiro atoms. The zero-order valence-corrected chi connectivity index (χ0v) is 14.6. The van der Waals surface area contributed by atoms with Gasteiger partial charge in [-0.3, -0.25) is 4.90 Å². The highest BCUT2D eigenvalue weighted by Gasteiger charge is 2.39. The maximum absolute atomic E-state index is 5.76. The van der Waals surface area contributed by atoms with Gasteiger partial charge in [0.2, 0.25) is 0 Å². The van der Waals surface area contributed by atoms with Gasteiger partial charge in [-0.2, -0.15) is 0 Å². The highest BCUT2D eigenvalue weighted by atomic mass is 32.1. The summed E-state index contributed by atoms with van der Waals surface area (Å²) in [7, 11) is 0. The molecule has 0 radical (unpaired) electrons. The van der Waals surface area contributed by atoms with Gasteiger partial charge < -0.3 is 0 Å². The quantitative estimate of drug-likeness (QED) is 0.603. The van der Waals surface area contributed by atoms with Gasteiger partial charge in [0.25, 0.3) is 0 Å². The standard InChI is InChI=1S/C22H21NS/c1-2-11-22(20-8-9-21-19(15-20)10-14-24-21)12-13-23(17-22)16-18-6-4-3-5-7-18/h1,3-10,14-15H,11-13,16-17H2. The minimum atomic E-state index is 0.0969. The van der Waals surface area contributed by atoms with E-state index >= 15 is 0 Å². The van der Waals surface area contributed by atoms with Crippen LogP contribution in [0.2, 0.25) is 0 Å². The maximum Gasteiger partial charge on any atom is 0.0342 e. The predicted molar refractivity (Wildman–Crippen MR) is 103 cm³/mol. The molecular weight excluding hydrogens is 310 g/mol. The van der Waals surface area contributed by atoms with Gasteiger partial charge in [0, 0.05) is 29.6 Å². The van der Waals surface area contributed by atoms with Gasteiger partial charge in [0.1, 0.15) is 0 Å². The Balaban J connectivity index is 1.61. The predicted octanol–water partition coefficient (Wildman–Crippen LogP) is 5.07. The second-order valence-corrected chi connectivity index (χ2v) is 7.73. The van der Waals surface area contributed by atoms with Crippen LogP contribution in [0.25, 0.3) is 10.1 Å². The van der Waals surface area contributed by atoms with Crippen LogP contribution in [-0.4, -0.2) is 18.0 Å². The Morgan fingerprint density at radius 2 is 2.00 bits per heavy atom. The minimum absolute atomic E-state index is 0.0969. The summed E-state index contributed by atoms with van der Waals surface area (Å²) in [5.41, 5.74) is 2.88. The second-order valence-electron chi connectivity index (χ2n) is 6.78. The third-order valence-corrected chi connectivity index (χ3v) is 6.08. The van der Waals surface area contributed by atoms with Crippen LogP contribution in [0.4, 0.5) is 0 Å². The van der Waals surface area contributed by atoms with Crippen LogP contribution in [0.3, 0.4) is 0 Å². The van der Waals surface area contributed by atoms with Crippen molar-refractivity contribution in [1.29, 1.82) is 0 Å². The Labute approximate surface area is 147 Å². The number of nitrogens with zero attached hydrogens (tertiary/aromatic N) is 1. The van der Waals surface area contributed by atoms with Crippen LogP contribution < -0.4 is 0 Å². The molecule has 1 fully saturated rings. The van der Waals surface area contributed by atoms with E-state index in [1.165, 1.54) is 21.2 Å². The van der Waals surface area contributed by atoms with Crippen molar-refractivity contribution in [2.24, 2.45) is 0 Å². The summed E-state index contributed by atoms with van der Waals surface area (Å²) in [6, 6.07) is 19.8. The average Bonchev–Trinajstić information content (AvgIpc) is 3.23. The molecule has 1 saturated heterocycles. The number of hydrogen-bond acceptors (Lipinski definition) is 2. The molecule has 4 rings (SSSR count). The molecule has 1 aliphatic rings. The molecule has 24 heavy (non-hydrogen) atoms. The number of fused-ring (bicyclic) bond motifs is 1. The third kappa shape index (κ3) is 2.86. The van der Waals surface area contributed by atoms with Gasteiger partial charge in [-0.1, -0.05) is 36.4 Å². The fourth-order valence-electron chi connectivity index (χ4n) is 3.91. The molecule has 1 aromatic heterocycles. The van der Waals surface area contributed by atoms with E-state index in [0.29, 0.717) is 0 Å². The minimum Gasteiger partial charge on any atom is -0.298 e. The molecule has 0 N–H and O–H groups in total. The first-order chi connectivity index (χ1) is 11.8. The normalized spacial score (nSPS) is 21.1. The lowest BCUT2D eigenvalue weighted by molar-refractivity contribution is 0.304. The number of rotatable bonds is 4. The zero-order valence-electron chi connectivity index (χ0n) is 13.7. The monoisotopic (exact) mass is 331 g/mol. The molecule has 2 aromatic carbocycles. The molecule has 1 atom stereocenters. The van der Waals surface area contributed by atoms with E-state index in [4.69, 9.17) is 6.42 Å². The fourth-order valence-corrected chi connectivity index (χ4v) is 4.68. The Hall–Kier alpha value is -2.08. The number of terminal acetylenes is 1. The van der Waals surface area contributed by atoms with Crippen molar-refractivity contribution in [2.45, 2.75) is 24.8 Å². The van der Waals surface area contributed by atoms with Crippen molar-refractivity contribution in [3.05, 3.63) is 71.1 Å². The van der Waals surface area contributed by atoms with Crippen LogP contribution >= 0.6 is 11.3 Å². The number of benzene rings is 2. The topological polar surface area (TPSA) is 3.24 Å². The van der Waals surface area contributed by atoms with Crippen LogP contribution in [-0.2, 0) is 12.0 Å². The summed E-state index contributed by atoms with van der Waals surface area (Å²) in [5, 5.41) is 3.51. The largest absolute Gasteiger partial charge is 0.298 e. The Morgan fingerprint density at radius 1 is 1.12 bits per heavy atom. The molecule has 0 aliphatic carbocycles. The van der Waals surface area contributed by atoms with E-state index in [1.54, 1.807) is 11.3 Å². The first kappa shape index (κ1) is 15.4. The molecule has 2 heteroatoms. The van der Waals surface area contributed by atoms with Crippen molar-refractivity contribution in [1.82, 2.24) is 4.90 Å². The SMILES string of the molecule is C#CCC1(c2ccc3sccc3c2)CCN(Cc2ccccc2)C1. The summed E-state index contributed by atoms with van der Waals surface area (Å²) < 4.78 is 1.36. The van der Waals surface area contributed by atoms with E-state index in [2.05, 4.69) is 70.8 Å². The molecule has 0 amide bonds. The summed E-state index contributed by atoms with van der Waals surface area (Å²) in [5.74, 6) is 2.95. The lowest BCUT2D eigenvalue weighted by atomic mass is 9.77. The molecule has 0 saturated carbocycles. The van der Waals surface area contributed by atoms with Gasteiger partial charge in [-0.25, -0.2) is 0 Å². The molecule has 0 bridgehead atoms. The fraction of sp³-hybridized carbons (Fsp3) is 0.273. The number of likely N-dealkylation sites (tertiary alicyclic amines) is 1. The van der Waals surface area contributed by atoms with E-state index in [1.807, 2.05) is 0 Å². The lowest BCUT2D eigenvalue weighted by Crippen LogP contribution is -2.30. The molecule has 3 aromatic rings. The first-order valence-corrected chi connectivity index (χ1v) is 9.35. The lowest BCUT2D eigenvalue weighted by Gasteiger charge is -2.28. The molecule has 1 nitrogen and oxygen atoms in total. The molecule has 2 heterocycles. The van der Waals surface area contributed by atoms with Crippen LogP contribution in [0.15, 0.2) is 60.0 Å². The number of hydrogen-bond donors (Lipinski definition) is 0. The van der Waals surface area contributed by atoms with Crippen molar-refractivity contribution in [2.75, 3.05) is 13.1 Å². The third-order valence-electron chi connectivity index (χ3n) is 5.19. The molecule has 120 valence electrons. The molecule has 1 aliphatic heterocycles. The van der Waals surface area contributed by atoms with Crippen molar-refractivity contribution in [3.63, 3.8) is 0 Å². The summed E-state index contributed by atoms with van der Waals surface area (Å²) in [4.78, 5) is 2.55. The van der Waals surface area contributed by atoms with Crippen LogP contribution in [0.1, 0.15) is 24.0 Å². The van der Waals surface area contributed by atoms with E-state index in [9.17, 15) is 0 Å². The van der Waals surface area contributed by atoms with E-state index < -0.39 is 0 Å². The maximum atomic E-state index is 5.76. The molecule has 1 unspecified atom stereocenters. The van der Waals surface area contributed by atoms with Crippen LogP contribution in [0.5, 0.6) is 0 Å². The highest BCUT2D eigenvalue weighted by molar-refractivity contribution is 7.17. The van der Waals surface area contributed by atoms with E-state index in [-0.39, 0.29) is 5.41 Å². The Bertz CT molecular complexity index is 874. The number of thiophene rings is 1. The zero-order chi connectivity index (χ0) is 16.4. The van der Waals surface area contributed by atoms with Crippen molar-refractivity contribution in [3.8, 4) is 12.3 Å². The summed E-state index contributed by atoms with van der Waals surface area (Å²) >= 11 is 1.80. The second kappa shape index (κ2) is 6.43. The Kier molecular flexibility index (Phi) is 4.14. The van der Waals surface area contributed by atoms with Gasteiger partial charge in [0.15, 0.2) is 0 Å². The first-order valence-electron chi connectivity index (χ1n) is 8.47. The van der Waals surface area contributed by atoms with Gasteiger partial charge in [0.05, 0.1) is 0 Å². The summed E-state index contributed by atoms with van der Waals surface area (Å²) in [6.45, 7) is 3.16. The van der Waals surface area contributed by atoms with Crippen molar-refractivity contribution >= 4 is 21.4 Å². The average molecular weight is 331 g/mol. The van der Waals surface area contributed by atoms with Gasteiger partial charge in [-0.15, -0.1) is 23.7 Å². The Morgan fingerprint density at radius 3 is 2.83 bits per heavy atom. The summed E-state index contributed by atoms with van der Waals surface area (Å²) in [6.07, 6.45) is 7.71. The smallest absolute Gasteiger partial charge is 0.0342 e. The van der Waals surface area contributed by atoms with Crippen LogP contribution in [0, 0.1) is 12.3 Å². The van der Waals surface area contributed by atoms with E-state index in [0.717, 1.165) is 32.5 Å². The van der Waals surface area contributed by atoms with Crippen molar-refractivity contribution < 1.29 is 0 Å².